The number of aromatic nitrogens is 2. The van der Waals surface area contributed by atoms with E-state index in [0.29, 0.717) is 11.1 Å². The summed E-state index contributed by atoms with van der Waals surface area (Å²) in [6, 6.07) is 6.51. The molecule has 1 amide bonds. The van der Waals surface area contributed by atoms with Gasteiger partial charge in [0.05, 0.1) is 28.8 Å². The normalized spacial score (nSPS) is 21.3. The molecular formula is C23H31ClN6O. The molecule has 1 spiro atoms. The zero-order valence-electron chi connectivity index (χ0n) is 18.0. The summed E-state index contributed by atoms with van der Waals surface area (Å²) in [7, 11) is 0. The van der Waals surface area contributed by atoms with Crippen molar-refractivity contribution >= 4 is 29.0 Å². The average Bonchev–Trinajstić information content (AvgIpc) is 3.51. The van der Waals surface area contributed by atoms with E-state index in [4.69, 9.17) is 17.3 Å². The lowest BCUT2D eigenvalue weighted by atomic mass is 9.78. The number of likely N-dealkylation sites (tertiary alicyclic amines) is 2. The van der Waals surface area contributed by atoms with Gasteiger partial charge in [-0.2, -0.15) is 9.78 Å². The van der Waals surface area contributed by atoms with Crippen molar-refractivity contribution in [3.8, 4) is 0 Å². The molecular weight excluding hydrogens is 412 g/mol. The molecule has 8 heteroatoms. The largest absolute Gasteiger partial charge is 0.396 e. The summed E-state index contributed by atoms with van der Waals surface area (Å²) < 4.78 is 1.35. The molecule has 31 heavy (non-hydrogen) atoms. The maximum atomic E-state index is 12.6. The number of piperidine rings is 1. The van der Waals surface area contributed by atoms with Crippen molar-refractivity contribution in [3.05, 3.63) is 41.2 Å². The van der Waals surface area contributed by atoms with Crippen LogP contribution in [0, 0.1) is 5.41 Å². The first kappa shape index (κ1) is 20.6. The van der Waals surface area contributed by atoms with E-state index in [1.807, 2.05) is 4.90 Å². The fourth-order valence-electron chi connectivity index (χ4n) is 5.45. The first-order chi connectivity index (χ1) is 15.0. The van der Waals surface area contributed by atoms with Gasteiger partial charge < -0.3 is 15.5 Å². The second-order valence-corrected chi connectivity index (χ2v) is 9.84. The second kappa shape index (κ2) is 8.36. The molecule has 0 bridgehead atoms. The monoisotopic (exact) mass is 442 g/mol. The second-order valence-electron chi connectivity index (χ2n) is 9.43. The van der Waals surface area contributed by atoms with Crippen LogP contribution in [0.5, 0.6) is 0 Å². The summed E-state index contributed by atoms with van der Waals surface area (Å²) in [4.78, 5) is 19.5. The Bertz CT molecular complexity index is 945. The Morgan fingerprint density at radius 1 is 1.10 bits per heavy atom. The molecule has 3 fully saturated rings. The van der Waals surface area contributed by atoms with Gasteiger partial charge in [-0.3, -0.25) is 4.90 Å². The minimum atomic E-state index is -0.0749. The third kappa shape index (κ3) is 4.26. The van der Waals surface area contributed by atoms with Crippen molar-refractivity contribution in [1.29, 1.82) is 0 Å². The number of amides is 1. The molecule has 0 saturated carbocycles. The van der Waals surface area contributed by atoms with Crippen molar-refractivity contribution in [2.75, 3.05) is 49.9 Å². The number of halogens is 1. The molecule has 1 aromatic carbocycles. The van der Waals surface area contributed by atoms with E-state index >= 15 is 0 Å². The van der Waals surface area contributed by atoms with E-state index in [9.17, 15) is 4.79 Å². The van der Waals surface area contributed by atoms with Crippen LogP contribution in [0.3, 0.4) is 0 Å². The van der Waals surface area contributed by atoms with Crippen molar-refractivity contribution in [1.82, 2.24) is 19.6 Å². The highest BCUT2D eigenvalue weighted by Crippen LogP contribution is 2.41. The zero-order valence-corrected chi connectivity index (χ0v) is 18.7. The SMILES string of the molecule is Nc1cnn(C(=O)N2CCC3(CCN(Cc4ccc(N5CCCC5)c(Cl)c4)C3)CC2)c1. The predicted octanol–water partition coefficient (Wildman–Crippen LogP) is 3.68. The molecule has 0 atom stereocenters. The Balaban J connectivity index is 1.16. The number of rotatable bonds is 3. The van der Waals surface area contributed by atoms with Gasteiger partial charge in [0.1, 0.15) is 0 Å². The fraction of sp³-hybridized carbons (Fsp3) is 0.565. The van der Waals surface area contributed by atoms with Crippen LogP contribution in [0.15, 0.2) is 30.6 Å². The van der Waals surface area contributed by atoms with Gasteiger partial charge in [0.2, 0.25) is 0 Å². The molecule has 5 rings (SSSR count). The van der Waals surface area contributed by atoms with Crippen molar-refractivity contribution in [2.24, 2.45) is 5.41 Å². The average molecular weight is 443 g/mol. The summed E-state index contributed by atoms with van der Waals surface area (Å²) in [5.41, 5.74) is 9.00. The molecule has 2 N–H and O–H groups in total. The molecule has 3 saturated heterocycles. The van der Waals surface area contributed by atoms with E-state index in [2.05, 4.69) is 33.1 Å². The number of nitrogens with two attached hydrogens (primary N) is 1. The highest BCUT2D eigenvalue weighted by Gasteiger charge is 2.41. The lowest BCUT2D eigenvalue weighted by Crippen LogP contribution is -2.45. The van der Waals surface area contributed by atoms with Gasteiger partial charge in [0, 0.05) is 39.3 Å². The van der Waals surface area contributed by atoms with E-state index in [1.165, 1.54) is 41.4 Å². The maximum absolute atomic E-state index is 12.6. The summed E-state index contributed by atoms with van der Waals surface area (Å²) in [5.74, 6) is 0. The predicted molar refractivity (Wildman–Crippen MR) is 123 cm³/mol. The van der Waals surface area contributed by atoms with Crippen LogP contribution in [0.2, 0.25) is 5.02 Å². The van der Waals surface area contributed by atoms with Gasteiger partial charge >= 0.3 is 6.03 Å². The van der Waals surface area contributed by atoms with E-state index in [1.54, 1.807) is 6.20 Å². The Morgan fingerprint density at radius 3 is 2.52 bits per heavy atom. The Labute approximate surface area is 188 Å². The van der Waals surface area contributed by atoms with E-state index in [-0.39, 0.29) is 6.03 Å². The van der Waals surface area contributed by atoms with Crippen LogP contribution < -0.4 is 10.6 Å². The number of carbonyl (C=O) groups excluding carboxylic acids is 1. The lowest BCUT2D eigenvalue weighted by molar-refractivity contribution is 0.118. The molecule has 0 radical (unpaired) electrons. The minimum absolute atomic E-state index is 0.0749. The van der Waals surface area contributed by atoms with Gasteiger partial charge in [-0.1, -0.05) is 17.7 Å². The van der Waals surface area contributed by atoms with Crippen molar-refractivity contribution in [2.45, 2.75) is 38.6 Å². The quantitative estimate of drug-likeness (QED) is 0.785. The van der Waals surface area contributed by atoms with Crippen LogP contribution >= 0.6 is 11.6 Å². The van der Waals surface area contributed by atoms with Crippen LogP contribution in [0.25, 0.3) is 0 Å². The van der Waals surface area contributed by atoms with Crippen LogP contribution in [-0.4, -0.2) is 64.9 Å². The van der Waals surface area contributed by atoms with Crippen LogP contribution in [0.4, 0.5) is 16.2 Å². The first-order valence-corrected chi connectivity index (χ1v) is 11.7. The van der Waals surface area contributed by atoms with Gasteiger partial charge in [0.25, 0.3) is 0 Å². The van der Waals surface area contributed by atoms with Gasteiger partial charge in [0.15, 0.2) is 0 Å². The standard InChI is InChI=1S/C23H31ClN6O/c24-20-13-18(3-4-21(20)28-8-1-2-9-28)15-27-10-5-23(17-27)6-11-29(12-7-23)22(31)30-16-19(25)14-26-30/h3-4,13-14,16H,1-2,5-12,15,17,25H2. The smallest absolute Gasteiger partial charge is 0.344 e. The van der Waals surface area contributed by atoms with Gasteiger partial charge in [-0.05, 0) is 61.8 Å². The Morgan fingerprint density at radius 2 is 1.84 bits per heavy atom. The summed E-state index contributed by atoms with van der Waals surface area (Å²) >= 11 is 6.62. The first-order valence-electron chi connectivity index (χ1n) is 11.4. The van der Waals surface area contributed by atoms with Crippen molar-refractivity contribution < 1.29 is 4.79 Å². The number of hydrogen-bond donors (Lipinski definition) is 1. The third-order valence-electron chi connectivity index (χ3n) is 7.28. The number of hydrogen-bond acceptors (Lipinski definition) is 5. The van der Waals surface area contributed by atoms with E-state index < -0.39 is 0 Å². The fourth-order valence-corrected chi connectivity index (χ4v) is 5.77. The number of anilines is 2. The highest BCUT2D eigenvalue weighted by molar-refractivity contribution is 6.33. The summed E-state index contributed by atoms with van der Waals surface area (Å²) in [6.07, 6.45) is 8.90. The van der Waals surface area contributed by atoms with E-state index in [0.717, 1.165) is 63.7 Å². The molecule has 3 aliphatic heterocycles. The van der Waals surface area contributed by atoms with Gasteiger partial charge in [-0.15, -0.1) is 0 Å². The Hall–Kier alpha value is -2.25. The number of nitrogens with zero attached hydrogens (tertiary/aromatic N) is 5. The lowest BCUT2D eigenvalue weighted by Gasteiger charge is -2.39. The molecule has 166 valence electrons. The molecule has 0 unspecified atom stereocenters. The van der Waals surface area contributed by atoms with Crippen LogP contribution in [-0.2, 0) is 6.54 Å². The topological polar surface area (TPSA) is 70.6 Å². The number of nitrogen functional groups attached to an aromatic ring is 1. The molecule has 4 heterocycles. The third-order valence-corrected chi connectivity index (χ3v) is 7.58. The molecule has 0 aliphatic carbocycles. The molecule has 2 aromatic rings. The minimum Gasteiger partial charge on any atom is -0.396 e. The zero-order chi connectivity index (χ0) is 21.4. The summed E-state index contributed by atoms with van der Waals surface area (Å²) in [5, 5.41) is 4.93. The highest BCUT2D eigenvalue weighted by atomic mass is 35.5. The van der Waals surface area contributed by atoms with Crippen molar-refractivity contribution in [3.63, 3.8) is 0 Å². The Kier molecular flexibility index (Phi) is 5.56. The molecule has 3 aliphatic rings. The number of carbonyl (C=O) groups is 1. The summed E-state index contributed by atoms with van der Waals surface area (Å²) in [6.45, 7) is 6.93. The van der Waals surface area contributed by atoms with Crippen LogP contribution in [0.1, 0.15) is 37.7 Å². The number of benzene rings is 1. The molecule has 7 nitrogen and oxygen atoms in total. The maximum Gasteiger partial charge on any atom is 0.344 e. The molecule has 1 aromatic heterocycles. The van der Waals surface area contributed by atoms with Gasteiger partial charge in [-0.25, -0.2) is 4.79 Å².